The first-order chi connectivity index (χ1) is 16.6. The number of carbonyl (C=O) groups is 1. The van der Waals surface area contributed by atoms with Crippen molar-refractivity contribution >= 4 is 40.3 Å². The van der Waals surface area contributed by atoms with Crippen LogP contribution in [0.25, 0.3) is 11.5 Å². The van der Waals surface area contributed by atoms with E-state index in [4.69, 9.17) is 17.3 Å². The molecule has 0 spiro atoms. The number of hydrogen-bond donors (Lipinski definition) is 2. The molecule has 4 aromatic heterocycles. The van der Waals surface area contributed by atoms with E-state index in [9.17, 15) is 18.0 Å². The summed E-state index contributed by atoms with van der Waals surface area (Å²) in [5.74, 6) is 0.210. The Balaban J connectivity index is 1.56. The van der Waals surface area contributed by atoms with Crippen molar-refractivity contribution in [2.75, 3.05) is 22.5 Å². The lowest BCUT2D eigenvalue weighted by atomic mass is 9.85. The number of carbonyl (C=O) groups excluding carboxylic acids is 1. The summed E-state index contributed by atoms with van der Waals surface area (Å²) in [5.41, 5.74) is 3.59. The van der Waals surface area contributed by atoms with Crippen LogP contribution in [0.2, 0.25) is 5.02 Å². The first-order valence-corrected chi connectivity index (χ1v) is 10.4. The van der Waals surface area contributed by atoms with Crippen LogP contribution in [0.15, 0.2) is 43.5 Å². The molecule has 0 fully saturated rings. The number of fused-ring (bicyclic) bond motifs is 3. The average Bonchev–Trinajstić information content (AvgIpc) is 3.51. The Morgan fingerprint density at radius 1 is 1.29 bits per heavy atom. The third-order valence-corrected chi connectivity index (χ3v) is 6.02. The molecule has 180 valence electrons. The number of nitrogens with two attached hydrogens (primary N) is 1. The topological polar surface area (TPSA) is 132 Å². The van der Waals surface area contributed by atoms with Crippen molar-refractivity contribution in [3.05, 3.63) is 59.9 Å². The van der Waals surface area contributed by atoms with Crippen molar-refractivity contribution < 1.29 is 18.0 Å². The SMILES string of the molecule is C=C[C@@]1(C(F)(F)F)CN(C(=O)Nc2cnc(-n3nccn3)c(Cl)c2)c2cnc3c(N)c(C)nn3c21. The highest BCUT2D eigenvalue weighted by molar-refractivity contribution is 6.32. The number of urea groups is 1. The van der Waals surface area contributed by atoms with E-state index in [0.717, 1.165) is 21.7 Å². The largest absolute Gasteiger partial charge is 0.405 e. The van der Waals surface area contributed by atoms with Crippen LogP contribution in [0.1, 0.15) is 11.4 Å². The van der Waals surface area contributed by atoms with E-state index in [1.165, 1.54) is 29.5 Å². The van der Waals surface area contributed by atoms with E-state index in [1.54, 1.807) is 6.92 Å². The van der Waals surface area contributed by atoms with Gasteiger partial charge < -0.3 is 11.1 Å². The van der Waals surface area contributed by atoms with Crippen LogP contribution in [0.4, 0.5) is 35.0 Å². The van der Waals surface area contributed by atoms with E-state index in [0.29, 0.717) is 5.69 Å². The lowest BCUT2D eigenvalue weighted by Crippen LogP contribution is -2.47. The van der Waals surface area contributed by atoms with Gasteiger partial charge in [0, 0.05) is 0 Å². The van der Waals surface area contributed by atoms with Gasteiger partial charge in [-0.25, -0.2) is 19.3 Å². The summed E-state index contributed by atoms with van der Waals surface area (Å²) < 4.78 is 44.4. The Morgan fingerprint density at radius 3 is 2.63 bits per heavy atom. The third kappa shape index (κ3) is 3.28. The van der Waals surface area contributed by atoms with Crippen LogP contribution >= 0.6 is 11.6 Å². The number of amides is 2. The van der Waals surface area contributed by atoms with Gasteiger partial charge in [-0.1, -0.05) is 17.7 Å². The maximum atomic E-state index is 14.5. The first kappa shape index (κ1) is 22.6. The second-order valence-corrected chi connectivity index (χ2v) is 8.17. The van der Waals surface area contributed by atoms with Gasteiger partial charge >= 0.3 is 12.2 Å². The van der Waals surface area contributed by atoms with Crippen LogP contribution in [-0.4, -0.2) is 53.3 Å². The van der Waals surface area contributed by atoms with Crippen LogP contribution in [0.5, 0.6) is 0 Å². The molecule has 11 nitrogen and oxygen atoms in total. The molecule has 1 aliphatic heterocycles. The Labute approximate surface area is 200 Å². The fourth-order valence-corrected chi connectivity index (χ4v) is 4.21. The molecule has 0 saturated carbocycles. The maximum absolute atomic E-state index is 14.5. The number of nitrogen functional groups attached to an aromatic ring is 1. The van der Waals surface area contributed by atoms with Crippen molar-refractivity contribution in [3.8, 4) is 5.82 Å². The molecule has 15 heteroatoms. The number of nitrogens with zero attached hydrogens (tertiary/aromatic N) is 8. The summed E-state index contributed by atoms with van der Waals surface area (Å²) in [4.78, 5) is 23.5. The minimum Gasteiger partial charge on any atom is -0.394 e. The third-order valence-electron chi connectivity index (χ3n) is 5.75. The molecule has 5 heterocycles. The van der Waals surface area contributed by atoms with Gasteiger partial charge in [-0.05, 0) is 13.0 Å². The molecule has 4 aromatic rings. The number of anilines is 3. The van der Waals surface area contributed by atoms with E-state index in [2.05, 4.69) is 37.2 Å². The smallest absolute Gasteiger partial charge is 0.394 e. The number of hydrogen-bond acceptors (Lipinski definition) is 7. The molecule has 0 radical (unpaired) electrons. The van der Waals surface area contributed by atoms with Crippen LogP contribution in [-0.2, 0) is 5.41 Å². The van der Waals surface area contributed by atoms with Gasteiger partial charge in [0.05, 0.1) is 59.1 Å². The first-order valence-electron chi connectivity index (χ1n) is 10.0. The molecular weight excluding hydrogens is 489 g/mol. The van der Waals surface area contributed by atoms with Crippen molar-refractivity contribution in [1.82, 2.24) is 34.6 Å². The van der Waals surface area contributed by atoms with Gasteiger partial charge in [0.1, 0.15) is 11.1 Å². The van der Waals surface area contributed by atoms with E-state index in [1.807, 2.05) is 0 Å². The highest BCUT2D eigenvalue weighted by atomic mass is 35.5. The second-order valence-electron chi connectivity index (χ2n) is 7.76. The molecule has 0 unspecified atom stereocenters. The molecular formula is C20H16ClF3N10O. The quantitative estimate of drug-likeness (QED) is 0.409. The second kappa shape index (κ2) is 7.66. The summed E-state index contributed by atoms with van der Waals surface area (Å²) in [6, 6.07) is 0.520. The monoisotopic (exact) mass is 504 g/mol. The van der Waals surface area contributed by atoms with E-state index >= 15 is 0 Å². The predicted molar refractivity (Wildman–Crippen MR) is 121 cm³/mol. The van der Waals surface area contributed by atoms with Crippen molar-refractivity contribution in [2.45, 2.75) is 18.5 Å². The van der Waals surface area contributed by atoms with Crippen LogP contribution < -0.4 is 16.0 Å². The van der Waals surface area contributed by atoms with Gasteiger partial charge in [0.25, 0.3) is 0 Å². The number of nitrogens with one attached hydrogen (secondary N) is 1. The van der Waals surface area contributed by atoms with Gasteiger partial charge in [-0.3, -0.25) is 4.90 Å². The van der Waals surface area contributed by atoms with Gasteiger partial charge in [0.15, 0.2) is 11.5 Å². The molecule has 0 aromatic carbocycles. The molecule has 3 N–H and O–H groups in total. The van der Waals surface area contributed by atoms with E-state index in [-0.39, 0.29) is 39.2 Å². The standard InChI is InChI=1S/C20H16ClF3N10O/c1-3-19(20(22,23)24)9-32(13-8-27-17-14(25)10(2)31-33(17)15(13)19)18(35)30-11-6-12(21)16(26-7-11)34-28-4-5-29-34/h3-8H,1,9,25H2,2H3,(H,30,35)/t19-/m1/s1. The molecule has 2 amide bonds. The highest BCUT2D eigenvalue weighted by Gasteiger charge is 2.62. The van der Waals surface area contributed by atoms with E-state index < -0.39 is 24.2 Å². The number of alkyl halides is 3. The average molecular weight is 505 g/mol. The van der Waals surface area contributed by atoms with Crippen molar-refractivity contribution in [3.63, 3.8) is 0 Å². The maximum Gasteiger partial charge on any atom is 0.405 e. The molecule has 0 saturated heterocycles. The Bertz CT molecular complexity index is 1480. The Hall–Kier alpha value is -4.20. The number of aromatic nitrogens is 7. The molecule has 0 aliphatic carbocycles. The van der Waals surface area contributed by atoms with Crippen molar-refractivity contribution in [1.29, 1.82) is 0 Å². The normalized spacial score (nSPS) is 17.6. The lowest BCUT2D eigenvalue weighted by Gasteiger charge is -2.29. The van der Waals surface area contributed by atoms with Crippen LogP contribution in [0, 0.1) is 6.92 Å². The van der Waals surface area contributed by atoms with Gasteiger partial charge in [0.2, 0.25) is 0 Å². The summed E-state index contributed by atoms with van der Waals surface area (Å²) in [6.45, 7) is 4.20. The summed E-state index contributed by atoms with van der Waals surface area (Å²) >= 11 is 6.23. The molecule has 1 atom stereocenters. The fourth-order valence-electron chi connectivity index (χ4n) is 3.97. The highest BCUT2D eigenvalue weighted by Crippen LogP contribution is 2.51. The molecule has 5 rings (SSSR count). The number of pyridine rings is 1. The Morgan fingerprint density at radius 2 is 2.00 bits per heavy atom. The van der Waals surface area contributed by atoms with Gasteiger partial charge in [-0.2, -0.15) is 28.5 Å². The minimum atomic E-state index is -4.80. The van der Waals surface area contributed by atoms with Crippen LogP contribution in [0.3, 0.4) is 0 Å². The lowest BCUT2D eigenvalue weighted by molar-refractivity contribution is -0.172. The minimum absolute atomic E-state index is 0.0535. The summed E-state index contributed by atoms with van der Waals surface area (Å²) in [5, 5.41) is 14.6. The van der Waals surface area contributed by atoms with Gasteiger partial charge in [-0.15, -0.1) is 11.4 Å². The zero-order valence-electron chi connectivity index (χ0n) is 18.0. The zero-order valence-corrected chi connectivity index (χ0v) is 18.7. The molecule has 35 heavy (non-hydrogen) atoms. The number of rotatable bonds is 3. The predicted octanol–water partition coefficient (Wildman–Crippen LogP) is 3.29. The molecule has 1 aliphatic rings. The zero-order chi connectivity index (χ0) is 25.1. The summed E-state index contributed by atoms with van der Waals surface area (Å²) in [7, 11) is 0. The molecule has 0 bridgehead atoms. The number of halogens is 4. The summed E-state index contributed by atoms with van der Waals surface area (Å²) in [6.07, 6.45) is 1.27. The fraction of sp³-hybridized carbons (Fsp3) is 0.200. The number of aryl methyl sites for hydroxylation is 1. The van der Waals surface area contributed by atoms with Crippen molar-refractivity contribution in [2.24, 2.45) is 0 Å². The Kier molecular flexibility index (Phi) is 4.94.